The van der Waals surface area contributed by atoms with Gasteiger partial charge < -0.3 is 9.64 Å². The molecule has 4 nitrogen and oxygen atoms in total. The normalized spacial score (nSPS) is 31.1. The molecule has 0 saturated carbocycles. The van der Waals surface area contributed by atoms with Crippen molar-refractivity contribution in [1.29, 1.82) is 0 Å². The molecule has 0 aromatic rings. The maximum Gasteiger partial charge on any atom is 0.236 e. The van der Waals surface area contributed by atoms with Gasteiger partial charge in [-0.1, -0.05) is 0 Å². The van der Waals surface area contributed by atoms with Gasteiger partial charge in [0, 0.05) is 25.4 Å². The lowest BCUT2D eigenvalue weighted by molar-refractivity contribution is -0.144. The van der Waals surface area contributed by atoms with Crippen molar-refractivity contribution >= 4 is 17.7 Å². The number of hydrogen-bond donors (Lipinski definition) is 0. The predicted octanol–water partition coefficient (Wildman–Crippen LogP) is 1.06. The predicted molar refractivity (Wildman–Crippen MR) is 75.0 cm³/mol. The van der Waals surface area contributed by atoms with E-state index in [2.05, 4.69) is 4.90 Å². The largest absolute Gasteiger partial charge is 0.372 e. The number of rotatable bonds is 2. The molecule has 2 heterocycles. The van der Waals surface area contributed by atoms with Gasteiger partial charge >= 0.3 is 0 Å². The molecule has 2 rings (SSSR count). The van der Waals surface area contributed by atoms with Crippen LogP contribution >= 0.6 is 11.8 Å². The van der Waals surface area contributed by atoms with Crippen LogP contribution in [0.2, 0.25) is 0 Å². The van der Waals surface area contributed by atoms with Crippen LogP contribution in [-0.2, 0) is 9.53 Å². The molecule has 0 bridgehead atoms. The summed E-state index contributed by atoms with van der Waals surface area (Å²) >= 11 is 2.00. The molecule has 2 saturated heterocycles. The topological polar surface area (TPSA) is 32.8 Å². The SMILES string of the molecule is C[C@H]1CN(C(=O)CN2CCCSCC2)C[C@H](C)O1. The van der Waals surface area contributed by atoms with Crippen LogP contribution in [0.4, 0.5) is 0 Å². The summed E-state index contributed by atoms with van der Waals surface area (Å²) < 4.78 is 5.67. The van der Waals surface area contributed by atoms with E-state index in [4.69, 9.17) is 4.74 Å². The number of ether oxygens (including phenoxy) is 1. The summed E-state index contributed by atoms with van der Waals surface area (Å²) in [7, 11) is 0. The molecule has 2 aliphatic heterocycles. The molecule has 2 aliphatic rings. The zero-order valence-electron chi connectivity index (χ0n) is 11.4. The minimum absolute atomic E-state index is 0.164. The van der Waals surface area contributed by atoms with E-state index in [-0.39, 0.29) is 18.1 Å². The van der Waals surface area contributed by atoms with Crippen LogP contribution in [0, 0.1) is 0 Å². The van der Waals surface area contributed by atoms with Crippen molar-refractivity contribution in [3.63, 3.8) is 0 Å². The quantitative estimate of drug-likeness (QED) is 0.752. The van der Waals surface area contributed by atoms with Crippen LogP contribution < -0.4 is 0 Å². The Hall–Kier alpha value is -0.260. The lowest BCUT2D eigenvalue weighted by Gasteiger charge is -2.36. The zero-order chi connectivity index (χ0) is 13.0. The minimum Gasteiger partial charge on any atom is -0.372 e. The average Bonchev–Trinajstić information content (AvgIpc) is 2.56. The molecular weight excluding hydrogens is 248 g/mol. The molecule has 2 atom stereocenters. The molecule has 0 N–H and O–H groups in total. The molecule has 0 radical (unpaired) electrons. The monoisotopic (exact) mass is 272 g/mol. The Balaban J connectivity index is 1.82. The highest BCUT2D eigenvalue weighted by Crippen LogP contribution is 2.13. The average molecular weight is 272 g/mol. The van der Waals surface area contributed by atoms with Gasteiger partial charge in [-0.3, -0.25) is 9.69 Å². The summed E-state index contributed by atoms with van der Waals surface area (Å²) in [5.41, 5.74) is 0. The summed E-state index contributed by atoms with van der Waals surface area (Å²) in [5.74, 6) is 2.66. The smallest absolute Gasteiger partial charge is 0.236 e. The van der Waals surface area contributed by atoms with E-state index < -0.39 is 0 Å². The van der Waals surface area contributed by atoms with Crippen LogP contribution in [0.3, 0.4) is 0 Å². The molecule has 0 unspecified atom stereocenters. The molecule has 2 fully saturated rings. The van der Waals surface area contributed by atoms with Gasteiger partial charge in [0.25, 0.3) is 0 Å². The number of thioether (sulfide) groups is 1. The number of carbonyl (C=O) groups is 1. The van der Waals surface area contributed by atoms with Gasteiger partial charge in [-0.25, -0.2) is 0 Å². The van der Waals surface area contributed by atoms with Crippen LogP contribution in [0.1, 0.15) is 20.3 Å². The second-order valence-corrected chi connectivity index (χ2v) is 6.52. The summed E-state index contributed by atoms with van der Waals surface area (Å²) in [6.07, 6.45) is 1.53. The van der Waals surface area contributed by atoms with Crippen molar-refractivity contribution in [3.8, 4) is 0 Å². The van der Waals surface area contributed by atoms with Crippen molar-refractivity contribution in [2.24, 2.45) is 0 Å². The second-order valence-electron chi connectivity index (χ2n) is 5.30. The number of morpholine rings is 1. The zero-order valence-corrected chi connectivity index (χ0v) is 12.2. The van der Waals surface area contributed by atoms with E-state index in [0.29, 0.717) is 6.54 Å². The molecule has 0 aliphatic carbocycles. The molecule has 0 spiro atoms. The first kappa shape index (κ1) is 14.2. The summed E-state index contributed by atoms with van der Waals surface area (Å²) in [4.78, 5) is 16.6. The van der Waals surface area contributed by atoms with Gasteiger partial charge in [0.15, 0.2) is 0 Å². The fourth-order valence-electron chi connectivity index (χ4n) is 2.63. The van der Waals surface area contributed by atoms with Crippen molar-refractivity contribution in [3.05, 3.63) is 0 Å². The highest BCUT2D eigenvalue weighted by molar-refractivity contribution is 7.99. The van der Waals surface area contributed by atoms with Gasteiger partial charge in [0.2, 0.25) is 5.91 Å². The maximum atomic E-state index is 12.3. The summed E-state index contributed by atoms with van der Waals surface area (Å²) in [5, 5.41) is 0. The van der Waals surface area contributed by atoms with Crippen molar-refractivity contribution in [1.82, 2.24) is 9.80 Å². The third-order valence-electron chi connectivity index (χ3n) is 3.45. The molecule has 104 valence electrons. The third kappa shape index (κ3) is 4.14. The Morgan fingerprint density at radius 2 is 1.94 bits per heavy atom. The van der Waals surface area contributed by atoms with E-state index in [1.807, 2.05) is 30.5 Å². The van der Waals surface area contributed by atoms with Gasteiger partial charge in [-0.05, 0) is 32.6 Å². The third-order valence-corrected chi connectivity index (χ3v) is 4.49. The molecule has 0 aromatic heterocycles. The van der Waals surface area contributed by atoms with Crippen molar-refractivity contribution < 1.29 is 9.53 Å². The first-order valence-corrected chi connectivity index (χ1v) is 8.04. The van der Waals surface area contributed by atoms with Crippen LogP contribution in [-0.4, -0.2) is 72.1 Å². The van der Waals surface area contributed by atoms with Crippen molar-refractivity contribution in [2.45, 2.75) is 32.5 Å². The Morgan fingerprint density at radius 3 is 2.67 bits per heavy atom. The highest BCUT2D eigenvalue weighted by Gasteiger charge is 2.26. The minimum atomic E-state index is 0.164. The lowest BCUT2D eigenvalue weighted by Crippen LogP contribution is -2.51. The van der Waals surface area contributed by atoms with Crippen molar-refractivity contribution in [2.75, 3.05) is 44.2 Å². The molecule has 0 aromatic carbocycles. The second kappa shape index (κ2) is 6.78. The van der Waals surface area contributed by atoms with E-state index in [9.17, 15) is 4.79 Å². The Labute approximate surface area is 114 Å². The highest BCUT2D eigenvalue weighted by atomic mass is 32.2. The molecule has 5 heteroatoms. The Bertz CT molecular complexity index is 270. The number of hydrogen-bond acceptors (Lipinski definition) is 4. The van der Waals surface area contributed by atoms with Gasteiger partial charge in [-0.15, -0.1) is 0 Å². The van der Waals surface area contributed by atoms with Gasteiger partial charge in [0.05, 0.1) is 18.8 Å². The van der Waals surface area contributed by atoms with Gasteiger partial charge in [0.1, 0.15) is 0 Å². The molecule has 18 heavy (non-hydrogen) atoms. The van der Waals surface area contributed by atoms with Crippen LogP contribution in [0.5, 0.6) is 0 Å². The van der Waals surface area contributed by atoms with Crippen LogP contribution in [0.15, 0.2) is 0 Å². The fourth-order valence-corrected chi connectivity index (χ4v) is 3.55. The van der Waals surface area contributed by atoms with E-state index in [1.165, 1.54) is 12.2 Å². The fraction of sp³-hybridized carbons (Fsp3) is 0.923. The first-order valence-electron chi connectivity index (χ1n) is 6.88. The van der Waals surface area contributed by atoms with Gasteiger partial charge in [-0.2, -0.15) is 11.8 Å². The van der Waals surface area contributed by atoms with E-state index in [1.54, 1.807) is 0 Å². The Morgan fingerprint density at radius 1 is 1.22 bits per heavy atom. The van der Waals surface area contributed by atoms with E-state index >= 15 is 0 Å². The standard InChI is InChI=1S/C13H24N2O2S/c1-11-8-15(9-12(2)17-11)13(16)10-14-4-3-6-18-7-5-14/h11-12H,3-10H2,1-2H3/t11-,12-/m0/s1. The molecular formula is C13H24N2O2S. The number of amides is 1. The van der Waals surface area contributed by atoms with E-state index in [0.717, 1.165) is 31.9 Å². The number of nitrogens with zero attached hydrogens (tertiary/aromatic N) is 2. The first-order chi connectivity index (χ1) is 8.65. The number of carbonyl (C=O) groups excluding carboxylic acids is 1. The lowest BCUT2D eigenvalue weighted by atomic mass is 10.2. The van der Waals surface area contributed by atoms with Crippen LogP contribution in [0.25, 0.3) is 0 Å². The Kier molecular flexibility index (Phi) is 5.33. The molecule has 1 amide bonds. The summed E-state index contributed by atoms with van der Waals surface area (Å²) in [6.45, 7) is 8.26. The maximum absolute atomic E-state index is 12.3. The summed E-state index contributed by atoms with van der Waals surface area (Å²) in [6, 6.07) is 0.